The topological polar surface area (TPSA) is 59.1 Å². The SMILES string of the molecule is COc1cc(Nc2ncc3c(n2)CNC3)ccc1C.Cl. The number of halogens is 1. The molecule has 0 saturated heterocycles. The van der Waals surface area contributed by atoms with Crippen LogP contribution in [0.15, 0.2) is 24.4 Å². The first-order valence-corrected chi connectivity index (χ1v) is 6.23. The van der Waals surface area contributed by atoms with E-state index in [1.54, 1.807) is 7.11 Å². The molecule has 106 valence electrons. The van der Waals surface area contributed by atoms with Crippen LogP contribution in [-0.2, 0) is 13.1 Å². The van der Waals surface area contributed by atoms with Gasteiger partial charge in [-0.2, -0.15) is 0 Å². The molecule has 1 aromatic carbocycles. The number of nitrogens with one attached hydrogen (secondary N) is 2. The van der Waals surface area contributed by atoms with Crippen molar-refractivity contribution in [3.63, 3.8) is 0 Å². The number of aromatic nitrogens is 2. The van der Waals surface area contributed by atoms with Gasteiger partial charge in [0.2, 0.25) is 5.95 Å². The van der Waals surface area contributed by atoms with Gasteiger partial charge in [0.25, 0.3) is 0 Å². The lowest BCUT2D eigenvalue weighted by Crippen LogP contribution is -2.02. The monoisotopic (exact) mass is 292 g/mol. The minimum Gasteiger partial charge on any atom is -0.496 e. The van der Waals surface area contributed by atoms with Gasteiger partial charge in [-0.1, -0.05) is 6.07 Å². The molecule has 0 atom stereocenters. The van der Waals surface area contributed by atoms with Crippen LogP contribution in [0.2, 0.25) is 0 Å². The molecule has 0 radical (unpaired) electrons. The Hall–Kier alpha value is -1.85. The zero-order chi connectivity index (χ0) is 13.2. The summed E-state index contributed by atoms with van der Waals surface area (Å²) in [6, 6.07) is 5.95. The maximum Gasteiger partial charge on any atom is 0.227 e. The number of nitrogens with zero attached hydrogens (tertiary/aromatic N) is 2. The second-order valence-corrected chi connectivity index (χ2v) is 4.58. The molecule has 2 heterocycles. The molecule has 2 aromatic rings. The average Bonchev–Trinajstić information content (AvgIpc) is 2.88. The molecule has 0 fully saturated rings. The van der Waals surface area contributed by atoms with E-state index in [2.05, 4.69) is 20.6 Å². The Morgan fingerprint density at radius 2 is 2.15 bits per heavy atom. The molecule has 0 bridgehead atoms. The van der Waals surface area contributed by atoms with Crippen LogP contribution < -0.4 is 15.4 Å². The van der Waals surface area contributed by atoms with Crippen LogP contribution in [0.5, 0.6) is 5.75 Å². The minimum atomic E-state index is 0. The van der Waals surface area contributed by atoms with E-state index in [9.17, 15) is 0 Å². The van der Waals surface area contributed by atoms with Crippen molar-refractivity contribution in [3.8, 4) is 5.75 Å². The molecule has 2 N–H and O–H groups in total. The van der Waals surface area contributed by atoms with E-state index in [-0.39, 0.29) is 12.4 Å². The van der Waals surface area contributed by atoms with Gasteiger partial charge in [0.15, 0.2) is 0 Å². The molecular formula is C14H17ClN4O. The maximum atomic E-state index is 5.31. The summed E-state index contributed by atoms with van der Waals surface area (Å²) in [6.45, 7) is 3.68. The van der Waals surface area contributed by atoms with Crippen LogP contribution in [0.1, 0.15) is 16.8 Å². The van der Waals surface area contributed by atoms with Crippen LogP contribution in [-0.4, -0.2) is 17.1 Å². The molecule has 0 spiro atoms. The second kappa shape index (κ2) is 6.07. The van der Waals surface area contributed by atoms with Crippen molar-refractivity contribution in [2.75, 3.05) is 12.4 Å². The molecule has 5 nitrogen and oxygen atoms in total. The average molecular weight is 293 g/mol. The Kier molecular flexibility index (Phi) is 4.42. The quantitative estimate of drug-likeness (QED) is 0.910. The number of aryl methyl sites for hydroxylation is 1. The van der Waals surface area contributed by atoms with E-state index in [1.807, 2.05) is 31.3 Å². The minimum absolute atomic E-state index is 0. The zero-order valence-corrected chi connectivity index (χ0v) is 12.3. The van der Waals surface area contributed by atoms with Gasteiger partial charge < -0.3 is 15.4 Å². The van der Waals surface area contributed by atoms with Crippen molar-refractivity contribution in [2.24, 2.45) is 0 Å². The van der Waals surface area contributed by atoms with Gasteiger partial charge in [0.1, 0.15) is 5.75 Å². The number of benzene rings is 1. The van der Waals surface area contributed by atoms with Gasteiger partial charge in [-0.15, -0.1) is 12.4 Å². The summed E-state index contributed by atoms with van der Waals surface area (Å²) < 4.78 is 5.31. The fourth-order valence-electron chi connectivity index (χ4n) is 2.15. The van der Waals surface area contributed by atoms with E-state index >= 15 is 0 Å². The molecule has 0 amide bonds. The van der Waals surface area contributed by atoms with Gasteiger partial charge in [-0.05, 0) is 18.6 Å². The van der Waals surface area contributed by atoms with Gasteiger partial charge in [0.05, 0.1) is 12.8 Å². The number of hydrogen-bond acceptors (Lipinski definition) is 5. The molecule has 3 rings (SSSR count). The highest BCUT2D eigenvalue weighted by atomic mass is 35.5. The lowest BCUT2D eigenvalue weighted by molar-refractivity contribution is 0.412. The standard InChI is InChI=1S/C14H16N4O.ClH/c1-9-3-4-11(5-13(9)19-2)17-14-16-7-10-6-15-8-12(10)18-14;/h3-5,7,15H,6,8H2,1-2H3,(H,16,17,18);1H. The van der Waals surface area contributed by atoms with Crippen LogP contribution in [0, 0.1) is 6.92 Å². The molecule has 0 unspecified atom stereocenters. The Morgan fingerprint density at radius 3 is 2.95 bits per heavy atom. The number of fused-ring (bicyclic) bond motifs is 1. The van der Waals surface area contributed by atoms with Crippen molar-refractivity contribution in [1.29, 1.82) is 0 Å². The van der Waals surface area contributed by atoms with Gasteiger partial charge in [-0.25, -0.2) is 9.97 Å². The van der Waals surface area contributed by atoms with Gasteiger partial charge in [-0.3, -0.25) is 0 Å². The summed E-state index contributed by atoms with van der Waals surface area (Å²) >= 11 is 0. The molecule has 20 heavy (non-hydrogen) atoms. The first kappa shape index (κ1) is 14.6. The van der Waals surface area contributed by atoms with Crippen LogP contribution >= 0.6 is 12.4 Å². The van der Waals surface area contributed by atoms with E-state index in [0.29, 0.717) is 5.95 Å². The molecule has 1 aromatic heterocycles. The maximum absolute atomic E-state index is 5.31. The summed E-state index contributed by atoms with van der Waals surface area (Å²) in [4.78, 5) is 8.82. The molecular weight excluding hydrogens is 276 g/mol. The number of anilines is 2. The van der Waals surface area contributed by atoms with Crippen LogP contribution in [0.4, 0.5) is 11.6 Å². The summed E-state index contributed by atoms with van der Waals surface area (Å²) in [7, 11) is 1.67. The fraction of sp³-hybridized carbons (Fsp3) is 0.286. The predicted octanol–water partition coefficient (Wildman–Crippen LogP) is 2.56. The largest absolute Gasteiger partial charge is 0.496 e. The first-order chi connectivity index (χ1) is 9.26. The Morgan fingerprint density at radius 1 is 1.30 bits per heavy atom. The molecule has 6 heteroatoms. The summed E-state index contributed by atoms with van der Waals surface area (Å²) in [5.74, 6) is 1.47. The normalized spacial score (nSPS) is 12.5. The number of methoxy groups -OCH3 is 1. The first-order valence-electron chi connectivity index (χ1n) is 6.23. The Balaban J connectivity index is 0.00000147. The van der Waals surface area contributed by atoms with Crippen molar-refractivity contribution >= 4 is 24.0 Å². The van der Waals surface area contributed by atoms with E-state index in [4.69, 9.17) is 4.74 Å². The Labute approximate surface area is 124 Å². The number of ether oxygens (including phenoxy) is 1. The number of hydrogen-bond donors (Lipinski definition) is 2. The van der Waals surface area contributed by atoms with Crippen molar-refractivity contribution in [2.45, 2.75) is 20.0 Å². The lowest BCUT2D eigenvalue weighted by atomic mass is 10.2. The van der Waals surface area contributed by atoms with E-state index in [1.165, 1.54) is 5.56 Å². The van der Waals surface area contributed by atoms with Gasteiger partial charge >= 0.3 is 0 Å². The highest BCUT2D eigenvalue weighted by Gasteiger charge is 2.12. The molecule has 0 aliphatic carbocycles. The van der Waals surface area contributed by atoms with E-state index in [0.717, 1.165) is 35.8 Å². The van der Waals surface area contributed by atoms with Crippen molar-refractivity contribution in [1.82, 2.24) is 15.3 Å². The Bertz CT molecular complexity index is 609. The summed E-state index contributed by atoms with van der Waals surface area (Å²) in [6.07, 6.45) is 1.87. The highest BCUT2D eigenvalue weighted by Crippen LogP contribution is 2.24. The van der Waals surface area contributed by atoms with Crippen molar-refractivity contribution < 1.29 is 4.74 Å². The lowest BCUT2D eigenvalue weighted by Gasteiger charge is -2.09. The third-order valence-corrected chi connectivity index (χ3v) is 3.23. The fourth-order valence-corrected chi connectivity index (χ4v) is 2.15. The van der Waals surface area contributed by atoms with E-state index < -0.39 is 0 Å². The predicted molar refractivity (Wildman–Crippen MR) is 80.8 cm³/mol. The smallest absolute Gasteiger partial charge is 0.227 e. The van der Waals surface area contributed by atoms with Crippen LogP contribution in [0.3, 0.4) is 0 Å². The molecule has 1 aliphatic heterocycles. The third kappa shape index (κ3) is 2.84. The molecule has 1 aliphatic rings. The molecule has 0 saturated carbocycles. The van der Waals surface area contributed by atoms with Crippen molar-refractivity contribution in [3.05, 3.63) is 41.2 Å². The third-order valence-electron chi connectivity index (χ3n) is 3.23. The summed E-state index contributed by atoms with van der Waals surface area (Å²) in [5, 5.41) is 6.46. The highest BCUT2D eigenvalue weighted by molar-refractivity contribution is 5.85. The number of rotatable bonds is 3. The second-order valence-electron chi connectivity index (χ2n) is 4.58. The van der Waals surface area contributed by atoms with Crippen LogP contribution in [0.25, 0.3) is 0 Å². The summed E-state index contributed by atoms with van der Waals surface area (Å²) in [5.41, 5.74) is 4.27. The zero-order valence-electron chi connectivity index (χ0n) is 11.4. The van der Waals surface area contributed by atoms with Gasteiger partial charge in [0, 0.05) is 36.6 Å².